The van der Waals surface area contributed by atoms with Gasteiger partial charge in [0.05, 0.1) is 18.0 Å². The first-order valence-electron chi connectivity index (χ1n) is 10.4. The maximum Gasteiger partial charge on any atom is 0.255 e. The highest BCUT2D eigenvalue weighted by molar-refractivity contribution is 5.55. The quantitative estimate of drug-likeness (QED) is 0.606. The summed E-state index contributed by atoms with van der Waals surface area (Å²) in [6, 6.07) is 7.89. The predicted octanol–water partition coefficient (Wildman–Crippen LogP) is 3.33. The van der Waals surface area contributed by atoms with Crippen LogP contribution < -0.4 is 15.2 Å². The van der Waals surface area contributed by atoms with Crippen LogP contribution in [0.2, 0.25) is 0 Å². The number of hydrogen-bond acceptors (Lipinski definition) is 6. The van der Waals surface area contributed by atoms with E-state index in [9.17, 15) is 9.18 Å². The van der Waals surface area contributed by atoms with Gasteiger partial charge in [0.15, 0.2) is 0 Å². The lowest BCUT2D eigenvalue weighted by molar-refractivity contribution is 0.274. The summed E-state index contributed by atoms with van der Waals surface area (Å²) < 4.78 is 21.0. The maximum atomic E-state index is 13.7. The van der Waals surface area contributed by atoms with Gasteiger partial charge in [-0.1, -0.05) is 19.9 Å². The molecule has 1 aliphatic rings. The van der Waals surface area contributed by atoms with Gasteiger partial charge in [0.25, 0.3) is 5.56 Å². The number of aromatic nitrogens is 4. The summed E-state index contributed by atoms with van der Waals surface area (Å²) in [6.07, 6.45) is 3.71. The summed E-state index contributed by atoms with van der Waals surface area (Å²) in [7, 11) is 0. The summed E-state index contributed by atoms with van der Waals surface area (Å²) in [5.74, 6) is 0.860. The number of hydrogen-bond donors (Lipinski definition) is 0. The Kier molecular flexibility index (Phi) is 5.71. The van der Waals surface area contributed by atoms with Crippen molar-refractivity contribution in [2.24, 2.45) is 5.41 Å². The number of nitrogens with zero attached hydrogens (tertiary/aromatic N) is 5. The first kappa shape index (κ1) is 21.0. The minimum absolute atomic E-state index is 0.0967. The van der Waals surface area contributed by atoms with Crippen LogP contribution in [-0.4, -0.2) is 39.2 Å². The van der Waals surface area contributed by atoms with E-state index in [0.29, 0.717) is 49.2 Å². The van der Waals surface area contributed by atoms with Gasteiger partial charge in [-0.3, -0.25) is 9.36 Å². The second kappa shape index (κ2) is 8.45. The third-order valence-electron chi connectivity index (χ3n) is 5.30. The highest BCUT2D eigenvalue weighted by Gasteiger charge is 2.32. The van der Waals surface area contributed by atoms with Gasteiger partial charge >= 0.3 is 0 Å². The van der Waals surface area contributed by atoms with Gasteiger partial charge in [-0.2, -0.15) is 0 Å². The van der Waals surface area contributed by atoms with Crippen molar-refractivity contribution in [1.82, 2.24) is 19.5 Å². The summed E-state index contributed by atoms with van der Waals surface area (Å²) in [5.41, 5.74) is 1.86. The number of rotatable bonds is 6. The summed E-state index contributed by atoms with van der Waals surface area (Å²) in [5, 5.41) is 0. The van der Waals surface area contributed by atoms with Crippen molar-refractivity contribution in [2.75, 3.05) is 24.6 Å². The molecule has 1 aromatic carbocycles. The van der Waals surface area contributed by atoms with Crippen LogP contribution in [0.15, 0.2) is 47.7 Å². The molecule has 0 aliphatic carbocycles. The van der Waals surface area contributed by atoms with Crippen LogP contribution >= 0.6 is 0 Å². The van der Waals surface area contributed by atoms with E-state index in [1.165, 1.54) is 24.5 Å². The fourth-order valence-corrected chi connectivity index (χ4v) is 3.98. The second-order valence-electron chi connectivity index (χ2n) is 8.48. The number of ether oxygens (including phenoxy) is 1. The van der Waals surface area contributed by atoms with Gasteiger partial charge in [0, 0.05) is 43.4 Å². The fraction of sp³-hybridized carbons (Fsp3) is 0.391. The molecule has 0 N–H and O–H groups in total. The van der Waals surface area contributed by atoms with Crippen molar-refractivity contribution in [3.63, 3.8) is 0 Å². The molecule has 0 saturated carbocycles. The fourth-order valence-electron chi connectivity index (χ4n) is 3.98. The van der Waals surface area contributed by atoms with Crippen LogP contribution in [-0.2, 0) is 13.0 Å². The molecule has 1 aliphatic heterocycles. The first-order chi connectivity index (χ1) is 14.9. The van der Waals surface area contributed by atoms with Crippen LogP contribution in [0.4, 0.5) is 10.3 Å². The molecule has 3 aromatic rings. The SMILES string of the molecule is CCOc1cc(F)ccc1CCN1CC(C)(C)Cn2c1nc(-c1ccncn1)cc2=O. The zero-order valence-electron chi connectivity index (χ0n) is 18.0. The van der Waals surface area contributed by atoms with Gasteiger partial charge in [-0.25, -0.2) is 19.3 Å². The maximum absolute atomic E-state index is 13.7. The highest BCUT2D eigenvalue weighted by atomic mass is 19.1. The number of fused-ring (bicyclic) bond motifs is 1. The Morgan fingerprint density at radius 3 is 2.74 bits per heavy atom. The Morgan fingerprint density at radius 2 is 2.00 bits per heavy atom. The van der Waals surface area contributed by atoms with Crippen LogP contribution in [0, 0.1) is 11.2 Å². The molecular weight excluding hydrogens is 397 g/mol. The van der Waals surface area contributed by atoms with Crippen molar-refractivity contribution in [3.8, 4) is 17.1 Å². The monoisotopic (exact) mass is 423 g/mol. The van der Waals surface area contributed by atoms with Crippen LogP contribution in [0.3, 0.4) is 0 Å². The molecule has 0 bridgehead atoms. The van der Waals surface area contributed by atoms with Gasteiger partial charge in [0.1, 0.15) is 17.9 Å². The molecule has 4 rings (SSSR count). The van der Waals surface area contributed by atoms with E-state index in [1.807, 2.05) is 6.92 Å². The molecule has 0 atom stereocenters. The van der Waals surface area contributed by atoms with Crippen molar-refractivity contribution in [1.29, 1.82) is 0 Å². The molecule has 162 valence electrons. The summed E-state index contributed by atoms with van der Waals surface area (Å²) in [4.78, 5) is 28.0. The molecule has 0 fully saturated rings. The van der Waals surface area contributed by atoms with Crippen LogP contribution in [0.5, 0.6) is 5.75 Å². The number of benzene rings is 1. The molecule has 0 spiro atoms. The van der Waals surface area contributed by atoms with Crippen LogP contribution in [0.25, 0.3) is 11.4 Å². The van der Waals surface area contributed by atoms with E-state index in [-0.39, 0.29) is 16.8 Å². The highest BCUT2D eigenvalue weighted by Crippen LogP contribution is 2.31. The van der Waals surface area contributed by atoms with E-state index in [4.69, 9.17) is 9.72 Å². The van der Waals surface area contributed by atoms with E-state index in [0.717, 1.165) is 12.1 Å². The van der Waals surface area contributed by atoms with Gasteiger partial charge < -0.3 is 9.64 Å². The minimum atomic E-state index is -0.320. The topological polar surface area (TPSA) is 73.1 Å². The molecule has 0 amide bonds. The molecule has 7 nitrogen and oxygen atoms in total. The molecule has 0 radical (unpaired) electrons. The lowest BCUT2D eigenvalue weighted by Crippen LogP contribution is -2.48. The largest absolute Gasteiger partial charge is 0.493 e. The van der Waals surface area contributed by atoms with Crippen molar-refractivity contribution in [2.45, 2.75) is 33.7 Å². The first-order valence-corrected chi connectivity index (χ1v) is 10.4. The minimum Gasteiger partial charge on any atom is -0.493 e. The Labute approximate surface area is 180 Å². The Hall–Kier alpha value is -3.29. The lowest BCUT2D eigenvalue weighted by Gasteiger charge is -2.40. The predicted molar refractivity (Wildman–Crippen MR) is 117 cm³/mol. The standard InChI is InChI=1S/C23H26FN5O2/c1-4-31-20-11-17(24)6-5-16(20)8-10-28-13-23(2,3)14-29-21(30)12-19(27-22(28)29)18-7-9-25-15-26-18/h5-7,9,11-12,15H,4,8,10,13-14H2,1-3H3. The molecule has 0 saturated heterocycles. The Morgan fingerprint density at radius 1 is 1.16 bits per heavy atom. The lowest BCUT2D eigenvalue weighted by atomic mass is 9.90. The third-order valence-corrected chi connectivity index (χ3v) is 5.30. The molecular formula is C23H26FN5O2. The van der Waals surface area contributed by atoms with Crippen molar-refractivity contribution < 1.29 is 9.13 Å². The zero-order chi connectivity index (χ0) is 22.0. The van der Waals surface area contributed by atoms with Gasteiger partial charge in [0.2, 0.25) is 5.95 Å². The second-order valence-corrected chi connectivity index (χ2v) is 8.48. The molecule has 31 heavy (non-hydrogen) atoms. The van der Waals surface area contributed by atoms with Crippen LogP contribution in [0.1, 0.15) is 26.3 Å². The molecule has 0 unspecified atom stereocenters. The summed E-state index contributed by atoms with van der Waals surface area (Å²) >= 11 is 0. The normalized spacial score (nSPS) is 14.9. The zero-order valence-corrected chi connectivity index (χ0v) is 18.0. The summed E-state index contributed by atoms with van der Waals surface area (Å²) in [6.45, 7) is 8.58. The van der Waals surface area contributed by atoms with E-state index in [1.54, 1.807) is 22.9 Å². The average Bonchev–Trinajstić information content (AvgIpc) is 2.74. The van der Waals surface area contributed by atoms with E-state index >= 15 is 0 Å². The van der Waals surface area contributed by atoms with E-state index < -0.39 is 0 Å². The Balaban J connectivity index is 1.68. The number of anilines is 1. The Bertz CT molecular complexity index is 1130. The number of halogens is 1. The van der Waals surface area contributed by atoms with Gasteiger partial charge in [-0.05, 0) is 31.0 Å². The van der Waals surface area contributed by atoms with Crippen molar-refractivity contribution in [3.05, 3.63) is 64.6 Å². The third kappa shape index (κ3) is 4.57. The van der Waals surface area contributed by atoms with Gasteiger partial charge in [-0.15, -0.1) is 0 Å². The molecule has 8 heteroatoms. The van der Waals surface area contributed by atoms with E-state index in [2.05, 4.69) is 28.7 Å². The van der Waals surface area contributed by atoms with Crippen molar-refractivity contribution >= 4 is 5.95 Å². The smallest absolute Gasteiger partial charge is 0.255 e. The molecule has 3 heterocycles. The average molecular weight is 423 g/mol. The molecule has 2 aromatic heterocycles.